The molecule has 0 amide bonds. The van der Waals surface area contributed by atoms with Gasteiger partial charge in [-0.25, -0.2) is 0 Å². The minimum Gasteiger partial charge on any atom is -0.481 e. The minimum atomic E-state index is -4.38. The third-order valence-corrected chi connectivity index (χ3v) is 4.63. The van der Waals surface area contributed by atoms with Gasteiger partial charge >= 0.3 is 12.1 Å². The maximum Gasteiger partial charge on any atom is 0.416 e. The molecule has 0 radical (unpaired) electrons. The first-order valence-electron chi connectivity index (χ1n) is 6.70. The van der Waals surface area contributed by atoms with Crippen LogP contribution in [0.5, 0.6) is 0 Å². The van der Waals surface area contributed by atoms with E-state index in [2.05, 4.69) is 0 Å². The van der Waals surface area contributed by atoms with E-state index in [4.69, 9.17) is 0 Å². The summed E-state index contributed by atoms with van der Waals surface area (Å²) >= 11 is 0. The van der Waals surface area contributed by atoms with Crippen LogP contribution >= 0.6 is 0 Å². The molecule has 1 aromatic carbocycles. The van der Waals surface area contributed by atoms with Crippen LogP contribution in [0.2, 0.25) is 0 Å². The van der Waals surface area contributed by atoms with Gasteiger partial charge in [0, 0.05) is 0 Å². The van der Waals surface area contributed by atoms with Crippen LogP contribution in [0.15, 0.2) is 24.3 Å². The summed E-state index contributed by atoms with van der Waals surface area (Å²) in [5.41, 5.74) is -1.11. The number of rotatable bonds is 3. The number of fused-ring (bicyclic) bond motifs is 1. The second-order valence-corrected chi connectivity index (χ2v) is 6.12. The van der Waals surface area contributed by atoms with E-state index < -0.39 is 23.1 Å². The SMILES string of the molecule is O=C(O)C1(Cc2cccc(C(F)(F)F)c2)CC2CC2C1. The van der Waals surface area contributed by atoms with E-state index in [1.807, 2.05) is 0 Å². The zero-order valence-corrected chi connectivity index (χ0v) is 10.8. The monoisotopic (exact) mass is 284 g/mol. The van der Waals surface area contributed by atoms with Crippen molar-refractivity contribution in [1.82, 2.24) is 0 Å². The Bertz CT molecular complexity index is 540. The molecule has 2 fully saturated rings. The van der Waals surface area contributed by atoms with Crippen LogP contribution in [-0.2, 0) is 17.4 Å². The predicted octanol–water partition coefficient (Wildman–Crippen LogP) is 3.75. The van der Waals surface area contributed by atoms with Gasteiger partial charge in [-0.05, 0) is 49.1 Å². The molecular weight excluding hydrogens is 269 g/mol. The van der Waals surface area contributed by atoms with Crippen LogP contribution in [0.1, 0.15) is 30.4 Å². The number of carboxylic acids is 1. The molecule has 2 saturated carbocycles. The molecule has 2 nitrogen and oxygen atoms in total. The lowest BCUT2D eigenvalue weighted by atomic mass is 9.77. The highest BCUT2D eigenvalue weighted by atomic mass is 19.4. The Morgan fingerprint density at radius 1 is 1.30 bits per heavy atom. The summed E-state index contributed by atoms with van der Waals surface area (Å²) in [6, 6.07) is 5.03. The number of hydrogen-bond acceptors (Lipinski definition) is 1. The summed E-state index contributed by atoms with van der Waals surface area (Å²) in [6.07, 6.45) is -1.91. The summed E-state index contributed by atoms with van der Waals surface area (Å²) in [7, 11) is 0. The highest BCUT2D eigenvalue weighted by Gasteiger charge is 2.57. The summed E-state index contributed by atoms with van der Waals surface area (Å²) in [5, 5.41) is 9.47. The van der Waals surface area contributed by atoms with E-state index in [1.165, 1.54) is 6.07 Å². The molecule has 0 aromatic heterocycles. The Morgan fingerprint density at radius 2 is 1.95 bits per heavy atom. The molecule has 2 aliphatic carbocycles. The molecule has 0 spiro atoms. The van der Waals surface area contributed by atoms with E-state index in [1.54, 1.807) is 6.07 Å². The van der Waals surface area contributed by atoms with E-state index >= 15 is 0 Å². The zero-order chi connectivity index (χ0) is 14.5. The fraction of sp³-hybridized carbons (Fsp3) is 0.533. The van der Waals surface area contributed by atoms with Crippen molar-refractivity contribution in [2.24, 2.45) is 17.3 Å². The van der Waals surface area contributed by atoms with Crippen molar-refractivity contribution in [3.63, 3.8) is 0 Å². The first-order chi connectivity index (χ1) is 9.30. The highest BCUT2D eigenvalue weighted by Crippen LogP contribution is 2.61. The smallest absolute Gasteiger partial charge is 0.416 e. The Balaban J connectivity index is 1.85. The zero-order valence-electron chi connectivity index (χ0n) is 10.8. The van der Waals surface area contributed by atoms with E-state index in [9.17, 15) is 23.1 Å². The number of hydrogen-bond donors (Lipinski definition) is 1. The summed E-state index contributed by atoms with van der Waals surface area (Å²) in [4.78, 5) is 11.6. The normalized spacial score (nSPS) is 31.9. The molecule has 0 bridgehead atoms. The second-order valence-electron chi connectivity index (χ2n) is 6.12. The Labute approximate surface area is 114 Å². The lowest BCUT2D eigenvalue weighted by Crippen LogP contribution is -2.32. The molecule has 108 valence electrons. The number of aliphatic carboxylic acids is 1. The Hall–Kier alpha value is -1.52. The Kier molecular flexibility index (Phi) is 2.85. The lowest BCUT2D eigenvalue weighted by molar-refractivity contribution is -0.149. The topological polar surface area (TPSA) is 37.3 Å². The number of alkyl halides is 3. The van der Waals surface area contributed by atoms with Gasteiger partial charge in [0.05, 0.1) is 11.0 Å². The van der Waals surface area contributed by atoms with Crippen LogP contribution in [0.3, 0.4) is 0 Å². The predicted molar refractivity (Wildman–Crippen MR) is 66.0 cm³/mol. The largest absolute Gasteiger partial charge is 0.481 e. The molecule has 0 heterocycles. The van der Waals surface area contributed by atoms with Crippen molar-refractivity contribution >= 4 is 5.97 Å². The summed E-state index contributed by atoms with van der Waals surface area (Å²) < 4.78 is 38.1. The maximum absolute atomic E-state index is 12.7. The molecule has 2 aliphatic rings. The van der Waals surface area contributed by atoms with Crippen molar-refractivity contribution in [3.05, 3.63) is 35.4 Å². The van der Waals surface area contributed by atoms with Gasteiger partial charge < -0.3 is 5.11 Å². The quantitative estimate of drug-likeness (QED) is 0.917. The molecule has 0 saturated heterocycles. The second kappa shape index (κ2) is 4.24. The van der Waals surface area contributed by atoms with Gasteiger partial charge in [0.15, 0.2) is 0 Å². The van der Waals surface area contributed by atoms with Crippen molar-refractivity contribution in [2.45, 2.75) is 31.9 Å². The van der Waals surface area contributed by atoms with Gasteiger partial charge in [-0.2, -0.15) is 13.2 Å². The average Bonchev–Trinajstić information content (AvgIpc) is 2.96. The molecule has 2 atom stereocenters. The Morgan fingerprint density at radius 3 is 2.50 bits per heavy atom. The standard InChI is InChI=1S/C15H15F3O2/c16-15(17,18)12-3-1-2-9(4-12)6-14(13(19)20)7-10-5-11(10)8-14/h1-4,10-11H,5-8H2,(H,19,20). The maximum atomic E-state index is 12.7. The molecule has 1 aromatic rings. The molecular formula is C15H15F3O2. The third-order valence-electron chi connectivity index (χ3n) is 4.63. The van der Waals surface area contributed by atoms with Gasteiger partial charge in [0.25, 0.3) is 0 Å². The molecule has 1 N–H and O–H groups in total. The third kappa shape index (κ3) is 2.30. The van der Waals surface area contributed by atoms with Crippen molar-refractivity contribution in [3.8, 4) is 0 Å². The van der Waals surface area contributed by atoms with E-state index in [-0.39, 0.29) is 6.42 Å². The summed E-state index contributed by atoms with van der Waals surface area (Å²) in [6.45, 7) is 0. The number of halogens is 3. The van der Waals surface area contributed by atoms with Crippen LogP contribution < -0.4 is 0 Å². The number of carbonyl (C=O) groups is 1. The van der Waals surface area contributed by atoms with Crippen LogP contribution in [0.25, 0.3) is 0 Å². The lowest BCUT2D eigenvalue weighted by Gasteiger charge is -2.26. The van der Waals surface area contributed by atoms with Gasteiger partial charge in [-0.1, -0.05) is 18.2 Å². The van der Waals surface area contributed by atoms with Crippen LogP contribution in [0.4, 0.5) is 13.2 Å². The van der Waals surface area contributed by atoms with Gasteiger partial charge in [0.2, 0.25) is 0 Å². The van der Waals surface area contributed by atoms with Crippen molar-refractivity contribution in [1.29, 1.82) is 0 Å². The van der Waals surface area contributed by atoms with E-state index in [0.717, 1.165) is 18.6 Å². The molecule has 0 aliphatic heterocycles. The van der Waals surface area contributed by atoms with Crippen LogP contribution in [-0.4, -0.2) is 11.1 Å². The number of carboxylic acid groups (broad SMARTS) is 1. The first kappa shape index (κ1) is 13.5. The number of benzene rings is 1. The minimum absolute atomic E-state index is 0.194. The molecule has 20 heavy (non-hydrogen) atoms. The molecule has 2 unspecified atom stereocenters. The van der Waals surface area contributed by atoms with Gasteiger partial charge in [-0.3, -0.25) is 4.79 Å². The average molecular weight is 284 g/mol. The molecule has 5 heteroatoms. The fourth-order valence-corrected chi connectivity index (χ4v) is 3.54. The highest BCUT2D eigenvalue weighted by molar-refractivity contribution is 5.76. The summed E-state index contributed by atoms with van der Waals surface area (Å²) in [5.74, 6) is 0.0657. The fourth-order valence-electron chi connectivity index (χ4n) is 3.54. The van der Waals surface area contributed by atoms with Gasteiger partial charge in [-0.15, -0.1) is 0 Å². The van der Waals surface area contributed by atoms with E-state index in [0.29, 0.717) is 30.2 Å². The van der Waals surface area contributed by atoms with Crippen LogP contribution in [0, 0.1) is 17.3 Å². The first-order valence-corrected chi connectivity index (χ1v) is 6.70. The molecule has 3 rings (SSSR count). The van der Waals surface area contributed by atoms with Gasteiger partial charge in [0.1, 0.15) is 0 Å². The van der Waals surface area contributed by atoms with Crippen molar-refractivity contribution in [2.75, 3.05) is 0 Å². The van der Waals surface area contributed by atoms with Crippen molar-refractivity contribution < 1.29 is 23.1 Å².